The van der Waals surface area contributed by atoms with E-state index in [4.69, 9.17) is 0 Å². The predicted molar refractivity (Wildman–Crippen MR) is 35.5 cm³/mol. The molecule has 0 aromatic heterocycles. The zero-order valence-electron chi connectivity index (χ0n) is 7.15. The van der Waals surface area contributed by atoms with E-state index in [9.17, 15) is 0 Å². The molecular weight excluding hydrogens is 250 g/mol. The van der Waals surface area contributed by atoms with Gasteiger partial charge in [-0.05, 0) is 0 Å². The van der Waals surface area contributed by atoms with Gasteiger partial charge in [-0.15, -0.1) is 0 Å². The van der Waals surface area contributed by atoms with Gasteiger partial charge in [-0.2, -0.15) is 0 Å². The smallest absolute Gasteiger partial charge is 0 e. The molecular formula is C6H18Y2-2. The van der Waals surface area contributed by atoms with Crippen LogP contribution in [0, 0.1) is 14.9 Å². The molecule has 0 N–H and O–H groups in total. The van der Waals surface area contributed by atoms with Crippen molar-refractivity contribution < 1.29 is 65.4 Å². The van der Waals surface area contributed by atoms with E-state index in [1.165, 1.54) is 0 Å². The zero-order chi connectivity index (χ0) is 4.00. The summed E-state index contributed by atoms with van der Waals surface area (Å²) in [6, 6.07) is 0. The van der Waals surface area contributed by atoms with Crippen LogP contribution in [0.25, 0.3) is 0 Å². The van der Waals surface area contributed by atoms with E-state index >= 15 is 0 Å². The number of rotatable bonds is 0. The van der Waals surface area contributed by atoms with Gasteiger partial charge in [0.05, 0.1) is 0 Å². The molecule has 0 aromatic carbocycles. The van der Waals surface area contributed by atoms with Crippen LogP contribution in [0.3, 0.4) is 0 Å². The molecule has 0 aliphatic carbocycles. The summed E-state index contributed by atoms with van der Waals surface area (Å²) >= 11 is 0. The molecule has 0 unspecified atom stereocenters. The van der Waals surface area contributed by atoms with Crippen molar-refractivity contribution in [1.29, 1.82) is 0 Å². The second-order valence-electron chi connectivity index (χ2n) is 0. The number of hydrogen-bond donors (Lipinski definition) is 0. The van der Waals surface area contributed by atoms with Crippen molar-refractivity contribution in [3.05, 3.63) is 14.9 Å². The fraction of sp³-hybridized carbons (Fsp3) is 0.667. The molecule has 0 aliphatic heterocycles. The Balaban J connectivity index is -0.00000000167. The molecule has 2 heteroatoms. The first-order valence-electron chi connectivity index (χ1n) is 2.00. The molecule has 0 aliphatic rings. The molecule has 0 atom stereocenters. The second kappa shape index (κ2) is 127. The second-order valence-corrected chi connectivity index (χ2v) is 0. The summed E-state index contributed by atoms with van der Waals surface area (Å²) in [7, 11) is 0. The van der Waals surface area contributed by atoms with Gasteiger partial charge in [0.15, 0.2) is 0 Å². The van der Waals surface area contributed by atoms with E-state index in [0.717, 1.165) is 0 Å². The third kappa shape index (κ3) is 87.5. The van der Waals surface area contributed by atoms with Gasteiger partial charge in [-0.3, -0.25) is 0 Å². The van der Waals surface area contributed by atoms with E-state index in [1.807, 2.05) is 27.7 Å². The minimum Gasteiger partial charge on any atom is -0.358 e. The van der Waals surface area contributed by atoms with Crippen molar-refractivity contribution in [2.75, 3.05) is 0 Å². The standard InChI is InChI=1S/2C2H6.2CH3.2Y/c2*1-2;;;;/h2*1-2H3;2*1H3;;/q;;2*-1;;. The normalized spacial score (nSPS) is 1.50. The Morgan fingerprint density at radius 3 is 0.500 bits per heavy atom. The van der Waals surface area contributed by atoms with Crippen LogP contribution in [0.2, 0.25) is 0 Å². The molecule has 0 fully saturated rings. The first-order valence-corrected chi connectivity index (χ1v) is 2.00. The van der Waals surface area contributed by atoms with Gasteiger partial charge in [0.2, 0.25) is 0 Å². The monoisotopic (exact) mass is 268 g/mol. The first kappa shape index (κ1) is 48.9. The van der Waals surface area contributed by atoms with Crippen LogP contribution in [0.4, 0.5) is 0 Å². The van der Waals surface area contributed by atoms with Gasteiger partial charge in [-0.1, -0.05) is 27.7 Å². The topological polar surface area (TPSA) is 0 Å². The average molecular weight is 268 g/mol. The summed E-state index contributed by atoms with van der Waals surface area (Å²) < 4.78 is 0. The maximum atomic E-state index is 2.00. The first-order chi connectivity index (χ1) is 2.00. The summed E-state index contributed by atoms with van der Waals surface area (Å²) in [5.74, 6) is 0. The van der Waals surface area contributed by atoms with Crippen molar-refractivity contribution in [3.8, 4) is 0 Å². The summed E-state index contributed by atoms with van der Waals surface area (Å²) in [5, 5.41) is 0. The molecule has 0 saturated heterocycles. The Kier molecular flexibility index (Phi) is 778. The fourth-order valence-corrected chi connectivity index (χ4v) is 0. The van der Waals surface area contributed by atoms with Gasteiger partial charge >= 0.3 is 0 Å². The van der Waals surface area contributed by atoms with Gasteiger partial charge in [0.25, 0.3) is 0 Å². The largest absolute Gasteiger partial charge is 0.358 e. The Labute approximate surface area is 106 Å². The maximum absolute atomic E-state index is 2.00. The molecule has 0 saturated carbocycles. The maximum Gasteiger partial charge on any atom is 0 e. The molecule has 0 amide bonds. The van der Waals surface area contributed by atoms with Crippen LogP contribution in [0.1, 0.15) is 27.7 Å². The van der Waals surface area contributed by atoms with Crippen LogP contribution < -0.4 is 0 Å². The molecule has 2 radical (unpaired) electrons. The van der Waals surface area contributed by atoms with Gasteiger partial charge < -0.3 is 14.9 Å². The van der Waals surface area contributed by atoms with Crippen LogP contribution in [-0.2, 0) is 65.4 Å². The van der Waals surface area contributed by atoms with Crippen molar-refractivity contribution in [2.24, 2.45) is 0 Å². The van der Waals surface area contributed by atoms with Crippen molar-refractivity contribution in [1.82, 2.24) is 0 Å². The van der Waals surface area contributed by atoms with E-state index in [-0.39, 0.29) is 80.3 Å². The quantitative estimate of drug-likeness (QED) is 0.592. The Hall–Kier alpha value is 2.21. The Morgan fingerprint density at radius 1 is 0.500 bits per heavy atom. The summed E-state index contributed by atoms with van der Waals surface area (Å²) in [6.45, 7) is 8.00. The minimum absolute atomic E-state index is 0. The Bertz CT molecular complexity index is 6.49. The van der Waals surface area contributed by atoms with Crippen molar-refractivity contribution >= 4 is 0 Å². The minimum atomic E-state index is 0. The summed E-state index contributed by atoms with van der Waals surface area (Å²) in [4.78, 5) is 0. The SMILES string of the molecule is CC.CC.[CH3-].[CH3-].[Y].[Y]. The molecule has 0 aromatic rings. The van der Waals surface area contributed by atoms with Gasteiger partial charge in [-0.25, -0.2) is 0 Å². The summed E-state index contributed by atoms with van der Waals surface area (Å²) in [6.07, 6.45) is 0. The molecule has 0 heterocycles. The van der Waals surface area contributed by atoms with Gasteiger partial charge in [0.1, 0.15) is 0 Å². The average Bonchev–Trinajstić information content (AvgIpc) is 1.50. The van der Waals surface area contributed by atoms with Crippen LogP contribution in [0.15, 0.2) is 0 Å². The van der Waals surface area contributed by atoms with Crippen LogP contribution in [0.5, 0.6) is 0 Å². The molecule has 0 rings (SSSR count). The third-order valence-corrected chi connectivity index (χ3v) is 0. The molecule has 0 nitrogen and oxygen atoms in total. The van der Waals surface area contributed by atoms with E-state index in [1.54, 1.807) is 0 Å². The van der Waals surface area contributed by atoms with Crippen molar-refractivity contribution in [3.63, 3.8) is 0 Å². The molecule has 0 spiro atoms. The van der Waals surface area contributed by atoms with E-state index in [0.29, 0.717) is 0 Å². The molecule has 0 bridgehead atoms. The molecule has 8 heavy (non-hydrogen) atoms. The molecule has 50 valence electrons. The predicted octanol–water partition coefficient (Wildman–Crippen LogP) is 2.95. The summed E-state index contributed by atoms with van der Waals surface area (Å²) in [5.41, 5.74) is 0. The van der Waals surface area contributed by atoms with E-state index in [2.05, 4.69) is 0 Å². The van der Waals surface area contributed by atoms with Crippen molar-refractivity contribution in [2.45, 2.75) is 27.7 Å². The van der Waals surface area contributed by atoms with Gasteiger partial charge in [0, 0.05) is 65.4 Å². The zero-order valence-corrected chi connectivity index (χ0v) is 12.8. The van der Waals surface area contributed by atoms with E-state index < -0.39 is 0 Å². The third-order valence-electron chi connectivity index (χ3n) is 0. The van der Waals surface area contributed by atoms with Crippen LogP contribution >= 0.6 is 0 Å². The Morgan fingerprint density at radius 2 is 0.500 bits per heavy atom. The fourth-order valence-electron chi connectivity index (χ4n) is 0. The number of hydrogen-bond acceptors (Lipinski definition) is 0. The van der Waals surface area contributed by atoms with Crippen LogP contribution in [-0.4, -0.2) is 0 Å².